The van der Waals surface area contributed by atoms with Crippen LogP contribution < -0.4 is 9.92 Å². The average Bonchev–Trinajstić information content (AvgIpc) is 2.76. The highest BCUT2D eigenvalue weighted by Crippen LogP contribution is 2.32. The fourth-order valence-electron chi connectivity index (χ4n) is 4.48. The Morgan fingerprint density at radius 1 is 0.829 bits per heavy atom. The molecule has 0 aromatic heterocycles. The summed E-state index contributed by atoms with van der Waals surface area (Å²) in [4.78, 5) is 25.2. The highest BCUT2D eigenvalue weighted by atomic mass is 32.2. The summed E-state index contributed by atoms with van der Waals surface area (Å²) >= 11 is 1.91. The first-order valence-electron chi connectivity index (χ1n) is 12.6. The highest BCUT2D eigenvalue weighted by Gasteiger charge is 2.36. The van der Waals surface area contributed by atoms with E-state index < -0.39 is 25.6 Å². The Morgan fingerprint density at radius 3 is 1.89 bits per heavy atom. The third-order valence-electron chi connectivity index (χ3n) is 5.51. The summed E-state index contributed by atoms with van der Waals surface area (Å²) in [5.74, 6) is 0.988. The van der Waals surface area contributed by atoms with Gasteiger partial charge in [-0.25, -0.2) is 0 Å². The average molecular weight is 515 g/mol. The van der Waals surface area contributed by atoms with Gasteiger partial charge in [-0.15, -0.1) is 11.8 Å². The van der Waals surface area contributed by atoms with Gasteiger partial charge in [-0.05, 0) is 62.2 Å². The molecule has 0 bridgehead atoms. The molecule has 35 heavy (non-hydrogen) atoms. The predicted octanol–water partition coefficient (Wildman–Crippen LogP) is 7.01. The maximum Gasteiger partial charge on any atom is 0.311 e. The number of benzene rings is 2. The molecule has 0 heterocycles. The molecule has 0 unspecified atom stereocenters. The van der Waals surface area contributed by atoms with Gasteiger partial charge in [0.25, 0.3) is 0 Å². The fourth-order valence-corrected chi connectivity index (χ4v) is 12.9. The Labute approximate surface area is 217 Å². The number of esters is 2. The van der Waals surface area contributed by atoms with Crippen molar-refractivity contribution in [3.63, 3.8) is 0 Å². The van der Waals surface area contributed by atoms with Crippen LogP contribution in [0.3, 0.4) is 0 Å². The molecule has 2 rings (SSSR count). The van der Waals surface area contributed by atoms with E-state index in [1.54, 1.807) is 26.0 Å². The van der Waals surface area contributed by atoms with Crippen LogP contribution in [0.2, 0.25) is 12.1 Å². The van der Waals surface area contributed by atoms with Gasteiger partial charge in [0, 0.05) is 4.90 Å². The topological polar surface area (TPSA) is 52.6 Å². The summed E-state index contributed by atoms with van der Waals surface area (Å²) < 4.78 is 10.7. The molecule has 2 aromatic carbocycles. The largest absolute Gasteiger partial charge is 0.460 e. The van der Waals surface area contributed by atoms with E-state index in [0.717, 1.165) is 5.38 Å². The molecule has 2 aromatic rings. The summed E-state index contributed by atoms with van der Waals surface area (Å²) in [6, 6.07) is 21.4. The lowest BCUT2D eigenvalue weighted by atomic mass is 10.2. The molecule has 0 fully saturated rings. The third-order valence-corrected chi connectivity index (χ3v) is 13.7. The lowest BCUT2D eigenvalue weighted by Crippen LogP contribution is -2.52. The summed E-state index contributed by atoms with van der Waals surface area (Å²) in [5, 5.41) is 2.67. The number of rotatable bonds is 12. The van der Waals surface area contributed by atoms with Gasteiger partial charge in [0.05, 0.1) is 20.9 Å². The van der Waals surface area contributed by atoms with Gasteiger partial charge in [0.1, 0.15) is 11.4 Å². The van der Waals surface area contributed by atoms with E-state index in [2.05, 4.69) is 58.0 Å². The molecule has 0 aliphatic rings. The van der Waals surface area contributed by atoms with E-state index in [9.17, 15) is 9.59 Å². The van der Waals surface area contributed by atoms with Gasteiger partial charge in [-0.1, -0.05) is 75.3 Å². The van der Waals surface area contributed by atoms with Crippen LogP contribution in [0.15, 0.2) is 59.5 Å². The Bertz CT molecular complexity index is 923. The van der Waals surface area contributed by atoms with Gasteiger partial charge in [0.2, 0.25) is 0 Å². The van der Waals surface area contributed by atoms with Gasteiger partial charge >= 0.3 is 11.9 Å². The predicted molar refractivity (Wildman–Crippen MR) is 149 cm³/mol. The monoisotopic (exact) mass is 514 g/mol. The van der Waals surface area contributed by atoms with Crippen molar-refractivity contribution in [3.05, 3.63) is 54.6 Å². The van der Waals surface area contributed by atoms with E-state index >= 15 is 0 Å². The summed E-state index contributed by atoms with van der Waals surface area (Å²) in [6.07, 6.45) is 0.0168. The van der Waals surface area contributed by atoms with E-state index in [1.807, 2.05) is 36.0 Å². The third kappa shape index (κ3) is 10.6. The zero-order chi connectivity index (χ0) is 26.1. The van der Waals surface area contributed by atoms with Crippen molar-refractivity contribution in [3.8, 4) is 5.75 Å². The second-order valence-electron chi connectivity index (χ2n) is 11.2. The summed E-state index contributed by atoms with van der Waals surface area (Å²) in [5.41, 5.74) is -0.556. The van der Waals surface area contributed by atoms with Crippen molar-refractivity contribution in [1.29, 1.82) is 0 Å². The first-order chi connectivity index (χ1) is 16.4. The van der Waals surface area contributed by atoms with Crippen LogP contribution in [-0.4, -0.2) is 31.0 Å². The quantitative estimate of drug-likeness (QED) is 0.132. The Morgan fingerprint density at radius 2 is 1.37 bits per heavy atom. The molecule has 192 valence electrons. The van der Waals surface area contributed by atoms with E-state index in [-0.39, 0.29) is 12.8 Å². The van der Waals surface area contributed by atoms with Crippen LogP contribution in [0, 0.1) is 11.8 Å². The molecule has 0 saturated heterocycles. The van der Waals surface area contributed by atoms with Crippen molar-refractivity contribution in [2.24, 2.45) is 11.8 Å². The molecule has 0 radical (unpaired) electrons. The van der Waals surface area contributed by atoms with Crippen molar-refractivity contribution in [2.75, 3.05) is 5.38 Å². The Balaban J connectivity index is 2.02. The molecular weight excluding hydrogens is 472 g/mol. The number of ether oxygens (including phenoxy) is 2. The van der Waals surface area contributed by atoms with E-state index in [4.69, 9.17) is 9.47 Å². The number of carbonyl (C=O) groups is 2. The lowest BCUT2D eigenvalue weighted by molar-refractivity contribution is -0.156. The van der Waals surface area contributed by atoms with Crippen LogP contribution >= 0.6 is 11.8 Å². The Hall–Kier alpha value is -2.05. The smallest absolute Gasteiger partial charge is 0.311 e. The van der Waals surface area contributed by atoms with Crippen LogP contribution in [0.5, 0.6) is 5.75 Å². The highest BCUT2D eigenvalue weighted by molar-refractivity contribution is 8.01. The fraction of sp³-hybridized carbons (Fsp3) is 0.517. The van der Waals surface area contributed by atoms with Gasteiger partial charge in [-0.2, -0.15) is 0 Å². The zero-order valence-corrected chi connectivity index (χ0v) is 24.2. The SMILES string of the molecule is CC(C)C[Si](CSc1ccc(OC(=O)CCC(=O)OC(C)(C)C)cc1)(CC(C)C)c1ccccc1. The molecule has 0 N–H and O–H groups in total. The van der Waals surface area contributed by atoms with Crippen molar-refractivity contribution in [2.45, 2.75) is 83.9 Å². The molecule has 6 heteroatoms. The minimum atomic E-state index is -1.73. The minimum Gasteiger partial charge on any atom is -0.460 e. The number of hydrogen-bond donors (Lipinski definition) is 0. The van der Waals surface area contributed by atoms with Crippen LogP contribution in [0.1, 0.15) is 61.3 Å². The first kappa shape index (κ1) is 29.2. The molecule has 0 amide bonds. The van der Waals surface area contributed by atoms with Crippen molar-refractivity contribution >= 4 is 37.0 Å². The first-order valence-corrected chi connectivity index (χ1v) is 16.2. The van der Waals surface area contributed by atoms with E-state index in [0.29, 0.717) is 17.6 Å². The Kier molecular flexibility index (Phi) is 11.1. The lowest BCUT2D eigenvalue weighted by Gasteiger charge is -2.35. The standard InChI is InChI=1S/C29H42O4SSi/c1-22(2)19-35(20-23(3)4,26-11-9-8-10-12-26)21-34-25-15-13-24(14-16-25)32-27(30)17-18-28(31)33-29(5,6)7/h8-16,22-23H,17-21H2,1-7H3. The molecule has 0 aliphatic carbocycles. The summed E-state index contributed by atoms with van der Waals surface area (Å²) in [6.45, 7) is 14.8. The van der Waals surface area contributed by atoms with Crippen molar-refractivity contribution in [1.82, 2.24) is 0 Å². The maximum absolute atomic E-state index is 12.2. The minimum absolute atomic E-state index is 0.00101. The second kappa shape index (κ2) is 13.3. The molecule has 0 aliphatic heterocycles. The zero-order valence-electron chi connectivity index (χ0n) is 22.4. The molecule has 0 atom stereocenters. The number of carbonyl (C=O) groups excluding carboxylic acids is 2. The van der Waals surface area contributed by atoms with Gasteiger partial charge in [-0.3, -0.25) is 9.59 Å². The normalized spacial score (nSPS) is 12.1. The van der Waals surface area contributed by atoms with Gasteiger partial charge in [0.15, 0.2) is 0 Å². The molecule has 4 nitrogen and oxygen atoms in total. The van der Waals surface area contributed by atoms with Gasteiger partial charge < -0.3 is 9.47 Å². The van der Waals surface area contributed by atoms with Crippen molar-refractivity contribution < 1.29 is 19.1 Å². The van der Waals surface area contributed by atoms with Crippen LogP contribution in [0.4, 0.5) is 0 Å². The number of thioether (sulfide) groups is 1. The maximum atomic E-state index is 12.2. The molecular formula is C29H42O4SSi. The second-order valence-corrected chi connectivity index (χ2v) is 17.0. The number of hydrogen-bond acceptors (Lipinski definition) is 5. The van der Waals surface area contributed by atoms with E-state index in [1.165, 1.54) is 17.0 Å². The summed E-state index contributed by atoms with van der Waals surface area (Å²) in [7, 11) is -1.73. The van der Waals surface area contributed by atoms with Crippen LogP contribution in [-0.2, 0) is 14.3 Å². The molecule has 0 saturated carbocycles. The van der Waals surface area contributed by atoms with Crippen LogP contribution in [0.25, 0.3) is 0 Å². The molecule has 0 spiro atoms.